The molecule has 5 heteroatoms. The van der Waals surface area contributed by atoms with Crippen molar-refractivity contribution in [3.8, 4) is 0 Å². The van der Waals surface area contributed by atoms with Gasteiger partial charge in [-0.15, -0.1) is 0 Å². The second kappa shape index (κ2) is 13.5. The van der Waals surface area contributed by atoms with Crippen LogP contribution in [0.5, 0.6) is 0 Å². The molecular weight excluding hydrogens is 300 g/mol. The number of nitrogens with one attached hydrogen (secondary N) is 2. The van der Waals surface area contributed by atoms with Gasteiger partial charge >= 0.3 is 0 Å². The number of hydrogen-bond acceptors (Lipinski definition) is 3. The highest BCUT2D eigenvalue weighted by Gasteiger charge is 2.11. The maximum Gasteiger partial charge on any atom is 0.191 e. The minimum absolute atomic E-state index is 0.256. The van der Waals surface area contributed by atoms with Crippen molar-refractivity contribution in [3.05, 3.63) is 0 Å². The second-order valence-corrected chi connectivity index (χ2v) is 7.41. The summed E-state index contributed by atoms with van der Waals surface area (Å²) in [6.45, 7) is 13.0. The van der Waals surface area contributed by atoms with Crippen molar-refractivity contribution in [1.29, 1.82) is 0 Å². The Hall–Kier alpha value is -0.810. The van der Waals surface area contributed by atoms with E-state index in [1.54, 1.807) is 0 Å². The van der Waals surface area contributed by atoms with E-state index in [1.165, 1.54) is 38.8 Å². The molecule has 0 bridgehead atoms. The van der Waals surface area contributed by atoms with E-state index >= 15 is 0 Å². The van der Waals surface area contributed by atoms with Gasteiger partial charge in [0.25, 0.3) is 0 Å². The summed E-state index contributed by atoms with van der Waals surface area (Å²) in [5.41, 5.74) is 0. The van der Waals surface area contributed by atoms with Crippen molar-refractivity contribution in [3.63, 3.8) is 0 Å². The van der Waals surface area contributed by atoms with E-state index in [0.717, 1.165) is 45.0 Å². The lowest BCUT2D eigenvalue weighted by molar-refractivity contribution is 0.245. The number of aliphatic hydroxyl groups is 1. The molecule has 0 aliphatic carbocycles. The fourth-order valence-electron chi connectivity index (χ4n) is 3.39. The molecule has 0 aromatic rings. The number of guanidine groups is 1. The van der Waals surface area contributed by atoms with Crippen molar-refractivity contribution in [2.45, 2.75) is 59.3 Å². The molecule has 0 aromatic carbocycles. The van der Waals surface area contributed by atoms with Crippen LogP contribution in [-0.2, 0) is 0 Å². The first-order valence-electron chi connectivity index (χ1n) is 10.0. The van der Waals surface area contributed by atoms with E-state index < -0.39 is 0 Å². The third-order valence-corrected chi connectivity index (χ3v) is 4.61. The molecule has 0 radical (unpaired) electrons. The van der Waals surface area contributed by atoms with E-state index in [0.29, 0.717) is 11.8 Å². The number of rotatable bonds is 10. The van der Waals surface area contributed by atoms with Crippen LogP contribution in [0.15, 0.2) is 4.99 Å². The van der Waals surface area contributed by atoms with Gasteiger partial charge in [0.2, 0.25) is 0 Å². The molecule has 1 unspecified atom stereocenters. The Morgan fingerprint density at radius 1 is 1.12 bits per heavy atom. The first kappa shape index (κ1) is 21.2. The minimum atomic E-state index is 0.256. The molecule has 142 valence electrons. The Bertz CT molecular complexity index is 325. The van der Waals surface area contributed by atoms with Gasteiger partial charge in [-0.3, -0.25) is 4.99 Å². The van der Waals surface area contributed by atoms with Gasteiger partial charge in [0.05, 0.1) is 0 Å². The van der Waals surface area contributed by atoms with Crippen molar-refractivity contribution in [1.82, 2.24) is 15.5 Å². The number of aliphatic hydroxyl groups excluding tert-OH is 1. The summed E-state index contributed by atoms with van der Waals surface area (Å²) in [6, 6.07) is 0. The van der Waals surface area contributed by atoms with Crippen LogP contribution in [0.4, 0.5) is 0 Å². The van der Waals surface area contributed by atoms with Crippen LogP contribution in [0.25, 0.3) is 0 Å². The maximum absolute atomic E-state index is 9.24. The fraction of sp³-hybridized carbons (Fsp3) is 0.947. The molecule has 1 atom stereocenters. The quantitative estimate of drug-likeness (QED) is 0.422. The Morgan fingerprint density at radius 2 is 1.83 bits per heavy atom. The van der Waals surface area contributed by atoms with Crippen LogP contribution in [0, 0.1) is 11.8 Å². The Morgan fingerprint density at radius 3 is 2.42 bits per heavy atom. The number of nitrogens with zero attached hydrogens (tertiary/aromatic N) is 2. The average molecular weight is 341 g/mol. The van der Waals surface area contributed by atoms with Crippen LogP contribution in [0.3, 0.4) is 0 Å². The number of aliphatic imine (C=N–C) groups is 1. The molecule has 0 spiro atoms. The monoisotopic (exact) mass is 340 g/mol. The summed E-state index contributed by atoms with van der Waals surface area (Å²) in [6.07, 6.45) is 7.41. The van der Waals surface area contributed by atoms with E-state index in [9.17, 15) is 5.11 Å². The van der Waals surface area contributed by atoms with Crippen LogP contribution in [0.1, 0.15) is 59.3 Å². The van der Waals surface area contributed by atoms with Gasteiger partial charge in [-0.05, 0) is 57.5 Å². The standard InChI is InChI=1S/C19H40N4O/c1-4-20-19(22-16-18(9-14-24)15-17(2)3)21-10-13-23-11-7-5-6-8-12-23/h17-18,24H,4-16H2,1-3H3,(H2,20,21,22). The molecule has 1 fully saturated rings. The first-order chi connectivity index (χ1) is 11.7. The topological polar surface area (TPSA) is 59.9 Å². The SMILES string of the molecule is CCNC(=NCC(CCO)CC(C)C)NCCN1CCCCCC1. The molecule has 1 aliphatic heterocycles. The lowest BCUT2D eigenvalue weighted by atomic mass is 9.94. The summed E-state index contributed by atoms with van der Waals surface area (Å²) in [5.74, 6) is 2.03. The highest BCUT2D eigenvalue weighted by molar-refractivity contribution is 5.79. The van der Waals surface area contributed by atoms with Gasteiger partial charge in [-0.2, -0.15) is 0 Å². The zero-order chi connectivity index (χ0) is 17.6. The fourth-order valence-corrected chi connectivity index (χ4v) is 3.39. The van der Waals surface area contributed by atoms with E-state index in [2.05, 4.69) is 36.3 Å². The summed E-state index contributed by atoms with van der Waals surface area (Å²) >= 11 is 0. The average Bonchev–Trinajstić information content (AvgIpc) is 2.81. The normalized spacial score (nSPS) is 18.5. The van der Waals surface area contributed by atoms with Crippen molar-refractivity contribution in [2.75, 3.05) is 45.9 Å². The molecule has 1 saturated heterocycles. The molecule has 1 rings (SSSR count). The second-order valence-electron chi connectivity index (χ2n) is 7.41. The van der Waals surface area contributed by atoms with E-state index in [-0.39, 0.29) is 6.61 Å². The van der Waals surface area contributed by atoms with Crippen LogP contribution >= 0.6 is 0 Å². The van der Waals surface area contributed by atoms with Gasteiger partial charge in [0.1, 0.15) is 0 Å². The Labute approximate surface area is 149 Å². The minimum Gasteiger partial charge on any atom is -0.396 e. The lowest BCUT2D eigenvalue weighted by Gasteiger charge is -2.21. The van der Waals surface area contributed by atoms with Crippen molar-refractivity contribution >= 4 is 5.96 Å². The third kappa shape index (κ3) is 10.1. The zero-order valence-electron chi connectivity index (χ0n) is 16.2. The van der Waals surface area contributed by atoms with Crippen molar-refractivity contribution in [2.24, 2.45) is 16.8 Å². The van der Waals surface area contributed by atoms with Gasteiger partial charge in [0.15, 0.2) is 5.96 Å². The molecule has 5 nitrogen and oxygen atoms in total. The summed E-state index contributed by atoms with van der Waals surface area (Å²) < 4.78 is 0. The summed E-state index contributed by atoms with van der Waals surface area (Å²) in [5, 5.41) is 16.1. The molecule has 0 aromatic heterocycles. The first-order valence-corrected chi connectivity index (χ1v) is 10.0. The highest BCUT2D eigenvalue weighted by atomic mass is 16.3. The van der Waals surface area contributed by atoms with Gasteiger partial charge in [0, 0.05) is 32.8 Å². The Kier molecular flexibility index (Phi) is 11.9. The molecule has 24 heavy (non-hydrogen) atoms. The van der Waals surface area contributed by atoms with E-state index in [4.69, 9.17) is 4.99 Å². The van der Waals surface area contributed by atoms with E-state index in [1.807, 2.05) is 0 Å². The van der Waals surface area contributed by atoms with Crippen molar-refractivity contribution < 1.29 is 5.11 Å². The summed E-state index contributed by atoms with van der Waals surface area (Å²) in [7, 11) is 0. The number of likely N-dealkylation sites (tertiary alicyclic amines) is 1. The predicted molar refractivity (Wildman–Crippen MR) is 104 cm³/mol. The predicted octanol–water partition coefficient (Wildman–Crippen LogP) is 2.46. The molecule has 0 amide bonds. The molecular formula is C19H40N4O. The highest BCUT2D eigenvalue weighted by Crippen LogP contribution is 2.15. The van der Waals surface area contributed by atoms with Gasteiger partial charge < -0.3 is 20.6 Å². The largest absolute Gasteiger partial charge is 0.396 e. The molecule has 1 aliphatic rings. The zero-order valence-corrected chi connectivity index (χ0v) is 16.2. The molecule has 0 saturated carbocycles. The van der Waals surface area contributed by atoms with Gasteiger partial charge in [-0.1, -0.05) is 26.7 Å². The van der Waals surface area contributed by atoms with Crippen LogP contribution in [0.2, 0.25) is 0 Å². The summed E-state index contributed by atoms with van der Waals surface area (Å²) in [4.78, 5) is 7.32. The maximum atomic E-state index is 9.24. The molecule has 1 heterocycles. The third-order valence-electron chi connectivity index (χ3n) is 4.61. The smallest absolute Gasteiger partial charge is 0.191 e. The van der Waals surface area contributed by atoms with Crippen LogP contribution in [-0.4, -0.2) is 61.8 Å². The number of hydrogen-bond donors (Lipinski definition) is 3. The molecule has 3 N–H and O–H groups in total. The van der Waals surface area contributed by atoms with Gasteiger partial charge in [-0.25, -0.2) is 0 Å². The van der Waals surface area contributed by atoms with Crippen LogP contribution < -0.4 is 10.6 Å². The Balaban J connectivity index is 2.39. The lowest BCUT2D eigenvalue weighted by Crippen LogP contribution is -2.42.